The van der Waals surface area contributed by atoms with Crippen LogP contribution in [0.15, 0.2) is 0 Å². The second-order valence-corrected chi connectivity index (χ2v) is 27.3. The first kappa shape index (κ1) is 33.2. The zero-order valence-electron chi connectivity index (χ0n) is 24.7. The molecule has 0 N–H and O–H groups in total. The molecule has 198 valence electrons. The molecule has 0 aliphatic heterocycles. The first-order chi connectivity index (χ1) is 14.8. The zero-order valence-corrected chi connectivity index (χ0v) is 27.7. The van der Waals surface area contributed by atoms with Gasteiger partial charge in [0.1, 0.15) is 6.29 Å². The first-order valence-electron chi connectivity index (χ1n) is 13.3. The Hall–Kier alpha value is 0.201. The maximum atomic E-state index is 11.6. The van der Waals surface area contributed by atoms with Crippen molar-refractivity contribution in [2.24, 2.45) is 0 Å². The van der Waals surface area contributed by atoms with Gasteiger partial charge in [0.25, 0.3) is 0 Å². The topological polar surface area (TPSA) is 44.8 Å². The molecule has 0 saturated heterocycles. The Bertz CT molecular complexity index is 567. The van der Waals surface area contributed by atoms with Crippen LogP contribution in [-0.4, -0.2) is 49.6 Å². The molecular weight excluding hydrogens is 461 g/mol. The molecule has 0 aliphatic carbocycles. The molecule has 0 fully saturated rings. The van der Waals surface area contributed by atoms with Crippen LogP contribution in [0.2, 0.25) is 54.4 Å². The molecule has 0 aromatic rings. The molecule has 0 heterocycles. The third-order valence-electron chi connectivity index (χ3n) is 8.40. The second kappa shape index (κ2) is 12.9. The van der Waals surface area contributed by atoms with E-state index in [0.717, 1.165) is 37.3 Å². The number of hydrogen-bond acceptors (Lipinski definition) is 4. The van der Waals surface area contributed by atoms with Crippen LogP contribution in [0.25, 0.3) is 0 Å². The standard InChI is InChI=1S/C26H58O4Si3/c1-15-33(16-2,17-3)30-24(20-22(4)28-31(11,12)25(5,6)7)21-23(18-19-27)29-32(13,14)26(8,9)10/h19,22-24H,15-18,20-21H2,1-14H3/t22-,23+,24-/m1/s1. The molecule has 0 aromatic carbocycles. The van der Waals surface area contributed by atoms with Crippen LogP contribution in [0.5, 0.6) is 0 Å². The predicted octanol–water partition coefficient (Wildman–Crippen LogP) is 8.55. The molecule has 7 heteroatoms. The van der Waals surface area contributed by atoms with E-state index < -0.39 is 25.0 Å². The molecule has 3 atom stereocenters. The normalized spacial score (nSPS) is 17.0. The van der Waals surface area contributed by atoms with E-state index in [2.05, 4.69) is 95.4 Å². The summed E-state index contributed by atoms with van der Waals surface area (Å²) in [5.74, 6) is 0. The predicted molar refractivity (Wildman–Crippen MR) is 152 cm³/mol. The average Bonchev–Trinajstić information content (AvgIpc) is 2.63. The molecule has 0 aliphatic rings. The van der Waals surface area contributed by atoms with E-state index in [0.29, 0.717) is 6.42 Å². The van der Waals surface area contributed by atoms with Crippen LogP contribution in [0.3, 0.4) is 0 Å². The smallest absolute Gasteiger partial charge is 0.192 e. The largest absolute Gasteiger partial charge is 0.414 e. The third-order valence-corrected chi connectivity index (χ3v) is 22.2. The highest BCUT2D eigenvalue weighted by atomic mass is 28.4. The fourth-order valence-electron chi connectivity index (χ4n) is 3.83. The molecule has 0 aromatic heterocycles. The fraction of sp³-hybridized carbons (Fsp3) is 0.962. The summed E-state index contributed by atoms with van der Waals surface area (Å²) < 4.78 is 20.5. The summed E-state index contributed by atoms with van der Waals surface area (Å²) in [6.45, 7) is 31.8. The van der Waals surface area contributed by atoms with Crippen molar-refractivity contribution >= 4 is 31.2 Å². The van der Waals surface area contributed by atoms with Gasteiger partial charge < -0.3 is 18.1 Å². The van der Waals surface area contributed by atoms with Crippen molar-refractivity contribution in [2.45, 2.75) is 161 Å². The highest BCUT2D eigenvalue weighted by molar-refractivity contribution is 6.74. The van der Waals surface area contributed by atoms with Crippen molar-refractivity contribution in [1.29, 1.82) is 0 Å². The van der Waals surface area contributed by atoms with Gasteiger partial charge in [-0.25, -0.2) is 0 Å². The summed E-state index contributed by atoms with van der Waals surface area (Å²) in [6, 6.07) is 3.36. The third kappa shape index (κ3) is 10.4. The lowest BCUT2D eigenvalue weighted by Crippen LogP contribution is -2.48. The zero-order chi connectivity index (χ0) is 26.3. The molecule has 0 spiro atoms. The summed E-state index contributed by atoms with van der Waals surface area (Å²) in [4.78, 5) is 11.6. The Morgan fingerprint density at radius 1 is 0.697 bits per heavy atom. The Morgan fingerprint density at radius 2 is 1.12 bits per heavy atom. The lowest BCUT2D eigenvalue weighted by atomic mass is 10.0. The van der Waals surface area contributed by atoms with Gasteiger partial charge in [0.2, 0.25) is 0 Å². The van der Waals surface area contributed by atoms with Gasteiger partial charge in [-0.05, 0) is 74.2 Å². The highest BCUT2D eigenvalue weighted by Gasteiger charge is 2.42. The van der Waals surface area contributed by atoms with Crippen molar-refractivity contribution < 1.29 is 18.1 Å². The van der Waals surface area contributed by atoms with Gasteiger partial charge in [-0.1, -0.05) is 62.3 Å². The monoisotopic (exact) mass is 518 g/mol. The number of aldehydes is 1. The van der Waals surface area contributed by atoms with Crippen LogP contribution in [0.4, 0.5) is 0 Å². The Morgan fingerprint density at radius 3 is 1.48 bits per heavy atom. The number of carbonyl (C=O) groups is 1. The van der Waals surface area contributed by atoms with Crippen molar-refractivity contribution in [3.8, 4) is 0 Å². The van der Waals surface area contributed by atoms with Gasteiger partial charge in [-0.3, -0.25) is 0 Å². The van der Waals surface area contributed by atoms with Crippen LogP contribution >= 0.6 is 0 Å². The summed E-state index contributed by atoms with van der Waals surface area (Å²) in [6.07, 6.45) is 3.18. The molecule has 4 nitrogen and oxygen atoms in total. The molecule has 0 saturated carbocycles. The van der Waals surface area contributed by atoms with Crippen LogP contribution in [0, 0.1) is 0 Å². The van der Waals surface area contributed by atoms with E-state index in [-0.39, 0.29) is 28.4 Å². The summed E-state index contributed by atoms with van der Waals surface area (Å²) in [5, 5.41) is 0.288. The first-order valence-corrected chi connectivity index (χ1v) is 21.6. The lowest BCUT2D eigenvalue weighted by Gasteiger charge is -2.42. The van der Waals surface area contributed by atoms with Crippen molar-refractivity contribution in [3.63, 3.8) is 0 Å². The van der Waals surface area contributed by atoms with Gasteiger partial charge in [0, 0.05) is 18.6 Å². The van der Waals surface area contributed by atoms with Gasteiger partial charge in [0.05, 0.1) is 6.10 Å². The van der Waals surface area contributed by atoms with E-state index >= 15 is 0 Å². The minimum Gasteiger partial charge on any atom is -0.414 e. The van der Waals surface area contributed by atoms with Gasteiger partial charge >= 0.3 is 0 Å². The average molecular weight is 519 g/mol. The maximum absolute atomic E-state index is 11.6. The van der Waals surface area contributed by atoms with E-state index in [1.54, 1.807) is 0 Å². The summed E-state index contributed by atoms with van der Waals surface area (Å²) in [5.41, 5.74) is 0. The van der Waals surface area contributed by atoms with Crippen molar-refractivity contribution in [3.05, 3.63) is 0 Å². The number of hydrogen-bond donors (Lipinski definition) is 0. The molecular formula is C26H58O4Si3. The lowest BCUT2D eigenvalue weighted by molar-refractivity contribution is -0.109. The minimum absolute atomic E-state index is 0.0611. The molecule has 0 bridgehead atoms. The second-order valence-electron chi connectivity index (χ2n) is 13.0. The van der Waals surface area contributed by atoms with E-state index in [1.165, 1.54) is 0 Å². The van der Waals surface area contributed by atoms with Gasteiger partial charge in [-0.15, -0.1) is 0 Å². The SMILES string of the molecule is CC[Si](CC)(CC)O[C@@H](C[C@H](CC=O)O[Si](C)(C)C(C)(C)C)C[C@@H](C)O[Si](C)(C)C(C)(C)C. The van der Waals surface area contributed by atoms with Gasteiger partial charge in [0.15, 0.2) is 25.0 Å². The number of rotatable bonds is 15. The maximum Gasteiger partial charge on any atom is 0.192 e. The van der Waals surface area contributed by atoms with Gasteiger partial charge in [-0.2, -0.15) is 0 Å². The Labute approximate surface area is 210 Å². The Balaban J connectivity index is 5.82. The quantitative estimate of drug-likeness (QED) is 0.161. The molecule has 0 radical (unpaired) electrons. The van der Waals surface area contributed by atoms with E-state index in [1.807, 2.05) is 0 Å². The number of carbonyl (C=O) groups excluding carboxylic acids is 1. The molecule has 0 rings (SSSR count). The van der Waals surface area contributed by atoms with Crippen molar-refractivity contribution in [2.75, 3.05) is 0 Å². The van der Waals surface area contributed by atoms with Crippen LogP contribution in [0.1, 0.15) is 88.5 Å². The fourth-order valence-corrected chi connectivity index (χ4v) is 9.57. The highest BCUT2D eigenvalue weighted by Crippen LogP contribution is 2.40. The van der Waals surface area contributed by atoms with Crippen LogP contribution < -0.4 is 0 Å². The summed E-state index contributed by atoms with van der Waals surface area (Å²) in [7, 11) is -5.65. The van der Waals surface area contributed by atoms with Crippen molar-refractivity contribution in [1.82, 2.24) is 0 Å². The molecule has 0 unspecified atom stereocenters. The molecule has 33 heavy (non-hydrogen) atoms. The Kier molecular flexibility index (Phi) is 13.0. The molecule has 0 amide bonds. The minimum atomic E-state index is -1.99. The van der Waals surface area contributed by atoms with E-state index in [9.17, 15) is 4.79 Å². The summed E-state index contributed by atoms with van der Waals surface area (Å²) >= 11 is 0. The van der Waals surface area contributed by atoms with E-state index in [4.69, 9.17) is 13.3 Å². The van der Waals surface area contributed by atoms with Crippen LogP contribution in [-0.2, 0) is 18.1 Å².